The van der Waals surface area contributed by atoms with Gasteiger partial charge >= 0.3 is 6.03 Å². The molecule has 2 aliphatic heterocycles. The van der Waals surface area contributed by atoms with Gasteiger partial charge in [-0.05, 0) is 43.7 Å². The number of benzene rings is 1. The molecule has 0 aliphatic carbocycles. The SMILES string of the molecule is CS(=O)(=O)NCC1CCCCN1C(=O)NCC1CCN(c2ccccc2)C1. The van der Waals surface area contributed by atoms with E-state index in [9.17, 15) is 13.2 Å². The molecule has 8 heteroatoms. The Morgan fingerprint density at radius 1 is 1.11 bits per heavy atom. The molecule has 150 valence electrons. The van der Waals surface area contributed by atoms with Crippen molar-refractivity contribution in [1.29, 1.82) is 0 Å². The maximum atomic E-state index is 12.7. The highest BCUT2D eigenvalue weighted by Gasteiger charge is 2.29. The Balaban J connectivity index is 1.48. The summed E-state index contributed by atoms with van der Waals surface area (Å²) < 4.78 is 25.3. The highest BCUT2D eigenvalue weighted by molar-refractivity contribution is 7.88. The summed E-state index contributed by atoms with van der Waals surface area (Å²) >= 11 is 0. The van der Waals surface area contributed by atoms with Crippen LogP contribution in [-0.4, -0.2) is 64.4 Å². The summed E-state index contributed by atoms with van der Waals surface area (Å²) in [6.45, 7) is 3.59. The number of urea groups is 1. The fourth-order valence-corrected chi connectivity index (χ4v) is 4.43. The van der Waals surface area contributed by atoms with Crippen molar-refractivity contribution in [3.05, 3.63) is 30.3 Å². The molecule has 3 rings (SSSR count). The van der Waals surface area contributed by atoms with Gasteiger partial charge in [-0.25, -0.2) is 17.9 Å². The molecule has 1 aromatic carbocycles. The third-order valence-corrected chi connectivity index (χ3v) is 6.11. The Morgan fingerprint density at radius 3 is 2.63 bits per heavy atom. The molecule has 2 aliphatic rings. The summed E-state index contributed by atoms with van der Waals surface area (Å²) in [5.74, 6) is 0.437. The number of rotatable bonds is 6. The van der Waals surface area contributed by atoms with Crippen LogP contribution in [0.15, 0.2) is 30.3 Å². The van der Waals surface area contributed by atoms with Crippen molar-refractivity contribution in [2.24, 2.45) is 5.92 Å². The largest absolute Gasteiger partial charge is 0.371 e. The number of likely N-dealkylation sites (tertiary alicyclic amines) is 1. The van der Waals surface area contributed by atoms with E-state index < -0.39 is 10.0 Å². The van der Waals surface area contributed by atoms with Crippen LogP contribution in [0.5, 0.6) is 0 Å². The van der Waals surface area contributed by atoms with Gasteiger partial charge in [-0.15, -0.1) is 0 Å². The predicted octanol–water partition coefficient (Wildman–Crippen LogP) is 1.63. The summed E-state index contributed by atoms with van der Waals surface area (Å²) in [6, 6.07) is 10.2. The molecule has 7 nitrogen and oxygen atoms in total. The molecule has 1 aromatic rings. The number of nitrogens with zero attached hydrogens (tertiary/aromatic N) is 2. The predicted molar refractivity (Wildman–Crippen MR) is 107 cm³/mol. The molecule has 2 unspecified atom stereocenters. The van der Waals surface area contributed by atoms with Gasteiger partial charge in [0, 0.05) is 44.5 Å². The van der Waals surface area contributed by atoms with Gasteiger partial charge in [0.2, 0.25) is 10.0 Å². The third-order valence-electron chi connectivity index (χ3n) is 5.42. The van der Waals surface area contributed by atoms with Crippen LogP contribution in [0.25, 0.3) is 0 Å². The molecular formula is C19H30N4O3S. The lowest BCUT2D eigenvalue weighted by Crippen LogP contribution is -2.53. The average molecular weight is 395 g/mol. The Bertz CT molecular complexity index is 726. The second-order valence-electron chi connectivity index (χ2n) is 7.59. The van der Waals surface area contributed by atoms with Crippen molar-refractivity contribution in [2.75, 3.05) is 43.9 Å². The number of anilines is 1. The second kappa shape index (κ2) is 8.93. The smallest absolute Gasteiger partial charge is 0.317 e. The molecule has 0 saturated carbocycles. The molecule has 2 saturated heterocycles. The van der Waals surface area contributed by atoms with Crippen molar-refractivity contribution in [3.8, 4) is 0 Å². The zero-order valence-corrected chi connectivity index (χ0v) is 16.7. The molecule has 0 radical (unpaired) electrons. The number of para-hydroxylation sites is 1. The quantitative estimate of drug-likeness (QED) is 0.768. The Labute approximate surface area is 162 Å². The number of hydrogen-bond donors (Lipinski definition) is 2. The van der Waals surface area contributed by atoms with Crippen LogP contribution in [-0.2, 0) is 10.0 Å². The van der Waals surface area contributed by atoms with Crippen LogP contribution in [0.3, 0.4) is 0 Å². The van der Waals surface area contributed by atoms with E-state index in [1.165, 1.54) is 5.69 Å². The number of nitrogens with one attached hydrogen (secondary N) is 2. The summed E-state index contributed by atoms with van der Waals surface area (Å²) in [5, 5.41) is 3.08. The lowest BCUT2D eigenvalue weighted by Gasteiger charge is -2.36. The molecule has 2 atom stereocenters. The molecule has 27 heavy (non-hydrogen) atoms. The summed E-state index contributed by atoms with van der Waals surface area (Å²) in [4.78, 5) is 16.8. The number of carbonyl (C=O) groups is 1. The number of hydrogen-bond acceptors (Lipinski definition) is 4. The van der Waals surface area contributed by atoms with Crippen molar-refractivity contribution in [3.63, 3.8) is 0 Å². The first-order valence-corrected chi connectivity index (χ1v) is 11.6. The molecule has 2 fully saturated rings. The number of sulfonamides is 1. The molecule has 2 amide bonds. The lowest BCUT2D eigenvalue weighted by molar-refractivity contribution is 0.151. The van der Waals surface area contributed by atoms with E-state index in [-0.39, 0.29) is 18.6 Å². The van der Waals surface area contributed by atoms with E-state index >= 15 is 0 Å². The van der Waals surface area contributed by atoms with E-state index in [4.69, 9.17) is 0 Å². The maximum absolute atomic E-state index is 12.7. The zero-order chi connectivity index (χ0) is 19.3. The summed E-state index contributed by atoms with van der Waals surface area (Å²) in [5.41, 5.74) is 1.23. The monoisotopic (exact) mass is 394 g/mol. The standard InChI is InChI=1S/C19H30N4O3S/c1-27(25,26)21-14-18-9-5-6-11-23(18)19(24)20-13-16-10-12-22(15-16)17-7-3-2-4-8-17/h2-4,7-8,16,18,21H,5-6,9-15H2,1H3,(H,20,24). The van der Waals surface area contributed by atoms with Crippen LogP contribution in [0.4, 0.5) is 10.5 Å². The van der Waals surface area contributed by atoms with Gasteiger partial charge in [0.25, 0.3) is 0 Å². The fourth-order valence-electron chi connectivity index (χ4n) is 3.93. The first-order valence-electron chi connectivity index (χ1n) is 9.71. The van der Waals surface area contributed by atoms with Crippen molar-refractivity contribution >= 4 is 21.7 Å². The van der Waals surface area contributed by atoms with Crippen LogP contribution in [0, 0.1) is 5.92 Å². The van der Waals surface area contributed by atoms with E-state index in [1.807, 2.05) is 18.2 Å². The van der Waals surface area contributed by atoms with Gasteiger partial charge in [-0.2, -0.15) is 0 Å². The van der Waals surface area contributed by atoms with Gasteiger partial charge in [0.15, 0.2) is 0 Å². The number of carbonyl (C=O) groups excluding carboxylic acids is 1. The fraction of sp³-hybridized carbons (Fsp3) is 0.632. The molecular weight excluding hydrogens is 364 g/mol. The highest BCUT2D eigenvalue weighted by Crippen LogP contribution is 2.23. The first kappa shape index (κ1) is 19.9. The van der Waals surface area contributed by atoms with Gasteiger partial charge in [-0.1, -0.05) is 18.2 Å². The molecule has 0 aromatic heterocycles. The average Bonchev–Trinajstić information content (AvgIpc) is 3.14. The Kier molecular flexibility index (Phi) is 6.59. The van der Waals surface area contributed by atoms with E-state index in [0.717, 1.165) is 45.0 Å². The second-order valence-corrected chi connectivity index (χ2v) is 9.42. The molecule has 2 heterocycles. The van der Waals surface area contributed by atoms with Crippen LogP contribution in [0.2, 0.25) is 0 Å². The van der Waals surface area contributed by atoms with Gasteiger partial charge in [0.1, 0.15) is 0 Å². The first-order chi connectivity index (χ1) is 12.9. The van der Waals surface area contributed by atoms with Crippen LogP contribution >= 0.6 is 0 Å². The third kappa shape index (κ3) is 5.84. The van der Waals surface area contributed by atoms with Gasteiger partial charge < -0.3 is 15.1 Å². The maximum Gasteiger partial charge on any atom is 0.317 e. The lowest BCUT2D eigenvalue weighted by atomic mass is 10.0. The van der Waals surface area contributed by atoms with E-state index in [0.29, 0.717) is 19.0 Å². The minimum Gasteiger partial charge on any atom is -0.371 e. The highest BCUT2D eigenvalue weighted by atomic mass is 32.2. The van der Waals surface area contributed by atoms with Crippen molar-refractivity contribution < 1.29 is 13.2 Å². The van der Waals surface area contributed by atoms with Crippen LogP contribution in [0.1, 0.15) is 25.7 Å². The van der Waals surface area contributed by atoms with Crippen molar-refractivity contribution in [2.45, 2.75) is 31.7 Å². The Hall–Kier alpha value is -1.80. The van der Waals surface area contributed by atoms with E-state index in [1.54, 1.807) is 4.90 Å². The van der Waals surface area contributed by atoms with Gasteiger partial charge in [-0.3, -0.25) is 0 Å². The molecule has 0 bridgehead atoms. The van der Waals surface area contributed by atoms with Crippen molar-refractivity contribution in [1.82, 2.24) is 14.9 Å². The normalized spacial score (nSPS) is 23.4. The molecule has 2 N–H and O–H groups in total. The number of piperidine rings is 1. The number of amides is 2. The Morgan fingerprint density at radius 2 is 1.89 bits per heavy atom. The minimum atomic E-state index is -3.24. The molecule has 0 spiro atoms. The van der Waals surface area contributed by atoms with Crippen LogP contribution < -0.4 is 14.9 Å². The summed E-state index contributed by atoms with van der Waals surface area (Å²) in [7, 11) is -3.24. The summed E-state index contributed by atoms with van der Waals surface area (Å²) in [6.07, 6.45) is 5.04. The van der Waals surface area contributed by atoms with Gasteiger partial charge in [0.05, 0.1) is 6.26 Å². The van der Waals surface area contributed by atoms with E-state index in [2.05, 4.69) is 27.1 Å². The zero-order valence-electron chi connectivity index (χ0n) is 15.9. The topological polar surface area (TPSA) is 81.8 Å². The minimum absolute atomic E-state index is 0.0714.